The van der Waals surface area contributed by atoms with Gasteiger partial charge in [0.1, 0.15) is 17.3 Å². The van der Waals surface area contributed by atoms with Crippen LogP contribution in [-0.2, 0) is 9.59 Å². The van der Waals surface area contributed by atoms with Crippen LogP contribution in [0.15, 0.2) is 42.6 Å². The SMILES string of the molecule is CCCNC(=O)CN1C(=O)COc2ccc(-c3nc(-c4ccccn4)sc3C)cc21. The summed E-state index contributed by atoms with van der Waals surface area (Å²) in [6, 6.07) is 11.3. The molecule has 1 aromatic carbocycles. The number of thiazole rings is 1. The minimum absolute atomic E-state index is 0.0338. The van der Waals surface area contributed by atoms with Crippen molar-refractivity contribution in [2.45, 2.75) is 20.3 Å². The van der Waals surface area contributed by atoms with Crippen molar-refractivity contribution in [3.8, 4) is 27.7 Å². The zero-order valence-corrected chi connectivity index (χ0v) is 17.7. The minimum Gasteiger partial charge on any atom is -0.482 e. The molecule has 3 aromatic rings. The van der Waals surface area contributed by atoms with Gasteiger partial charge in [-0.15, -0.1) is 11.3 Å². The molecule has 1 N–H and O–H groups in total. The van der Waals surface area contributed by atoms with Crippen molar-refractivity contribution < 1.29 is 14.3 Å². The van der Waals surface area contributed by atoms with Crippen LogP contribution < -0.4 is 15.0 Å². The van der Waals surface area contributed by atoms with Gasteiger partial charge in [0.05, 0.1) is 17.1 Å². The van der Waals surface area contributed by atoms with Gasteiger partial charge in [0.25, 0.3) is 5.91 Å². The Morgan fingerprint density at radius 3 is 2.93 bits per heavy atom. The predicted molar refractivity (Wildman–Crippen MR) is 117 cm³/mol. The molecule has 3 heterocycles. The summed E-state index contributed by atoms with van der Waals surface area (Å²) in [5.74, 6) is 0.153. The van der Waals surface area contributed by atoms with Gasteiger partial charge in [-0.05, 0) is 43.7 Å². The fourth-order valence-electron chi connectivity index (χ4n) is 3.25. The Bertz CT molecular complexity index is 1080. The van der Waals surface area contributed by atoms with E-state index in [1.165, 1.54) is 4.90 Å². The van der Waals surface area contributed by atoms with Gasteiger partial charge in [-0.2, -0.15) is 0 Å². The van der Waals surface area contributed by atoms with Crippen LogP contribution in [0, 0.1) is 6.92 Å². The summed E-state index contributed by atoms with van der Waals surface area (Å²) in [5, 5.41) is 3.65. The van der Waals surface area contributed by atoms with Gasteiger partial charge in [0.15, 0.2) is 6.61 Å². The summed E-state index contributed by atoms with van der Waals surface area (Å²) in [6.07, 6.45) is 2.58. The molecule has 1 aliphatic rings. The third kappa shape index (κ3) is 4.04. The third-order valence-corrected chi connectivity index (χ3v) is 5.72. The molecule has 0 unspecified atom stereocenters. The Labute approximate surface area is 178 Å². The highest BCUT2D eigenvalue weighted by Gasteiger charge is 2.28. The molecule has 2 aromatic heterocycles. The standard InChI is InChI=1S/C22H22N4O3S/c1-3-9-24-19(27)12-26-17-11-15(7-8-18(17)29-13-20(26)28)21-14(2)30-22(25-21)16-6-4-5-10-23-16/h4-8,10-11H,3,9,12-13H2,1-2H3,(H,24,27). The molecule has 1 aliphatic heterocycles. The van der Waals surface area contributed by atoms with Crippen LogP contribution in [0.4, 0.5) is 5.69 Å². The van der Waals surface area contributed by atoms with Gasteiger partial charge >= 0.3 is 0 Å². The Kier molecular flexibility index (Phi) is 5.76. The number of fused-ring (bicyclic) bond motifs is 1. The van der Waals surface area contributed by atoms with E-state index in [-0.39, 0.29) is 25.0 Å². The summed E-state index contributed by atoms with van der Waals surface area (Å²) in [5.41, 5.74) is 3.10. The van der Waals surface area contributed by atoms with Gasteiger partial charge in [-0.1, -0.05) is 13.0 Å². The van der Waals surface area contributed by atoms with E-state index in [1.807, 2.05) is 50.2 Å². The van der Waals surface area contributed by atoms with Crippen LogP contribution in [0.3, 0.4) is 0 Å². The molecule has 154 valence electrons. The number of ether oxygens (including phenoxy) is 1. The molecule has 0 saturated carbocycles. The summed E-state index contributed by atoms with van der Waals surface area (Å²) >= 11 is 1.57. The van der Waals surface area contributed by atoms with Crippen LogP contribution in [0.2, 0.25) is 0 Å². The van der Waals surface area contributed by atoms with E-state index >= 15 is 0 Å². The lowest BCUT2D eigenvalue weighted by molar-refractivity contribution is -0.125. The molecule has 0 aliphatic carbocycles. The maximum absolute atomic E-state index is 12.5. The van der Waals surface area contributed by atoms with Crippen molar-refractivity contribution in [1.29, 1.82) is 0 Å². The van der Waals surface area contributed by atoms with Crippen molar-refractivity contribution >= 4 is 28.8 Å². The second-order valence-electron chi connectivity index (χ2n) is 6.94. The van der Waals surface area contributed by atoms with Crippen molar-refractivity contribution in [2.24, 2.45) is 0 Å². The zero-order chi connectivity index (χ0) is 21.1. The van der Waals surface area contributed by atoms with E-state index in [0.29, 0.717) is 18.0 Å². The number of amides is 2. The van der Waals surface area contributed by atoms with Gasteiger partial charge in [0.2, 0.25) is 5.91 Å². The quantitative estimate of drug-likeness (QED) is 0.658. The van der Waals surface area contributed by atoms with E-state index < -0.39 is 0 Å². The fraction of sp³-hybridized carbons (Fsp3) is 0.273. The van der Waals surface area contributed by atoms with Crippen LogP contribution in [0.5, 0.6) is 5.75 Å². The molecule has 8 heteroatoms. The molecular formula is C22H22N4O3S. The van der Waals surface area contributed by atoms with E-state index in [0.717, 1.165) is 33.3 Å². The van der Waals surface area contributed by atoms with Crippen LogP contribution in [-0.4, -0.2) is 41.5 Å². The highest BCUT2D eigenvalue weighted by atomic mass is 32.1. The highest BCUT2D eigenvalue weighted by Crippen LogP contribution is 2.38. The summed E-state index contributed by atoms with van der Waals surface area (Å²) in [4.78, 5) is 36.4. The van der Waals surface area contributed by atoms with E-state index in [9.17, 15) is 9.59 Å². The van der Waals surface area contributed by atoms with Crippen molar-refractivity contribution in [2.75, 3.05) is 24.6 Å². The molecule has 7 nitrogen and oxygen atoms in total. The lowest BCUT2D eigenvalue weighted by Crippen LogP contribution is -2.45. The summed E-state index contributed by atoms with van der Waals surface area (Å²) in [6.45, 7) is 4.47. The zero-order valence-electron chi connectivity index (χ0n) is 16.8. The molecule has 0 atom stereocenters. The normalized spacial score (nSPS) is 13.0. The number of anilines is 1. The lowest BCUT2D eigenvalue weighted by atomic mass is 10.1. The van der Waals surface area contributed by atoms with E-state index in [4.69, 9.17) is 9.72 Å². The number of pyridine rings is 1. The fourth-order valence-corrected chi connectivity index (χ4v) is 4.16. The number of nitrogens with one attached hydrogen (secondary N) is 1. The second kappa shape index (κ2) is 8.62. The molecule has 30 heavy (non-hydrogen) atoms. The van der Waals surface area contributed by atoms with Gasteiger partial charge in [-0.3, -0.25) is 19.5 Å². The van der Waals surface area contributed by atoms with Crippen LogP contribution in [0.25, 0.3) is 22.0 Å². The largest absolute Gasteiger partial charge is 0.482 e. The molecule has 0 fully saturated rings. The van der Waals surface area contributed by atoms with E-state index in [2.05, 4.69) is 10.3 Å². The number of carbonyl (C=O) groups excluding carboxylic acids is 2. The molecular weight excluding hydrogens is 400 g/mol. The topological polar surface area (TPSA) is 84.4 Å². The number of carbonyl (C=O) groups is 2. The number of nitrogens with zero attached hydrogens (tertiary/aromatic N) is 3. The van der Waals surface area contributed by atoms with Gasteiger partial charge < -0.3 is 10.1 Å². The Morgan fingerprint density at radius 1 is 1.30 bits per heavy atom. The Balaban J connectivity index is 1.67. The summed E-state index contributed by atoms with van der Waals surface area (Å²) in [7, 11) is 0. The van der Waals surface area contributed by atoms with Crippen molar-refractivity contribution in [1.82, 2.24) is 15.3 Å². The van der Waals surface area contributed by atoms with Crippen LogP contribution in [0.1, 0.15) is 18.2 Å². The third-order valence-electron chi connectivity index (χ3n) is 4.73. The number of hydrogen-bond acceptors (Lipinski definition) is 6. The molecule has 2 amide bonds. The maximum Gasteiger partial charge on any atom is 0.265 e. The maximum atomic E-state index is 12.5. The average molecular weight is 423 g/mol. The Hall–Kier alpha value is -3.26. The lowest BCUT2D eigenvalue weighted by Gasteiger charge is -2.29. The predicted octanol–water partition coefficient (Wildman–Crippen LogP) is 3.43. The summed E-state index contributed by atoms with van der Waals surface area (Å²) < 4.78 is 5.57. The number of aromatic nitrogens is 2. The van der Waals surface area contributed by atoms with Gasteiger partial charge in [-0.25, -0.2) is 4.98 Å². The highest BCUT2D eigenvalue weighted by molar-refractivity contribution is 7.15. The number of benzene rings is 1. The first-order valence-electron chi connectivity index (χ1n) is 9.80. The van der Waals surface area contributed by atoms with Crippen molar-refractivity contribution in [3.63, 3.8) is 0 Å². The van der Waals surface area contributed by atoms with Crippen molar-refractivity contribution in [3.05, 3.63) is 47.5 Å². The first kappa shape index (κ1) is 20.0. The van der Waals surface area contributed by atoms with Crippen LogP contribution >= 0.6 is 11.3 Å². The first-order valence-corrected chi connectivity index (χ1v) is 10.6. The minimum atomic E-state index is -0.240. The molecule has 4 rings (SSSR count). The molecule has 0 spiro atoms. The first-order chi connectivity index (χ1) is 14.6. The average Bonchev–Trinajstić information content (AvgIpc) is 3.16. The molecule has 0 radical (unpaired) electrons. The number of hydrogen-bond donors (Lipinski definition) is 1. The Morgan fingerprint density at radius 2 is 2.17 bits per heavy atom. The monoisotopic (exact) mass is 422 g/mol. The number of rotatable bonds is 6. The van der Waals surface area contributed by atoms with Gasteiger partial charge in [0, 0.05) is 23.2 Å². The molecule has 0 saturated heterocycles. The number of aryl methyl sites for hydroxylation is 1. The molecule has 0 bridgehead atoms. The second-order valence-corrected chi connectivity index (χ2v) is 8.14. The van der Waals surface area contributed by atoms with E-state index in [1.54, 1.807) is 17.5 Å². The smallest absolute Gasteiger partial charge is 0.265 e.